The van der Waals surface area contributed by atoms with Gasteiger partial charge in [0.2, 0.25) is 0 Å². The number of benzene rings is 8. The van der Waals surface area contributed by atoms with Crippen molar-refractivity contribution < 1.29 is 13.2 Å². The predicted octanol–water partition coefficient (Wildman–Crippen LogP) is 12.0. The molecule has 0 unspecified atom stereocenters. The van der Waals surface area contributed by atoms with E-state index in [9.17, 15) is 0 Å². The van der Waals surface area contributed by atoms with Crippen LogP contribution in [0.4, 0.5) is 21.5 Å². The van der Waals surface area contributed by atoms with Crippen LogP contribution in [0.3, 0.4) is 0 Å². The molecule has 44 heavy (non-hydrogen) atoms. The van der Waals surface area contributed by atoms with Crippen molar-refractivity contribution in [3.63, 3.8) is 0 Å². The van der Waals surface area contributed by atoms with Gasteiger partial charge in [-0.25, -0.2) is 4.39 Å². The largest absolute Gasteiger partial charge is 0.454 e. The van der Waals surface area contributed by atoms with E-state index in [0.717, 1.165) is 87.9 Å². The maximum atomic E-state index is 15.1. The SMILES string of the molecule is Fc1ccc2ccc3c(N(c4cccc5c4oc4ccccc45)c4cccc5c4oc4ccccc45)ccc4ccc1c2c43. The second-order valence-corrected chi connectivity index (χ2v) is 11.4. The third-order valence-corrected chi connectivity index (χ3v) is 9.08. The van der Waals surface area contributed by atoms with Gasteiger partial charge >= 0.3 is 0 Å². The monoisotopic (exact) mass is 567 g/mol. The molecule has 0 fully saturated rings. The van der Waals surface area contributed by atoms with E-state index >= 15 is 4.39 Å². The first-order valence-electron chi connectivity index (χ1n) is 14.7. The van der Waals surface area contributed by atoms with Crippen LogP contribution < -0.4 is 4.90 Å². The summed E-state index contributed by atoms with van der Waals surface area (Å²) in [5, 5.41) is 9.92. The highest BCUT2D eigenvalue weighted by molar-refractivity contribution is 6.26. The van der Waals surface area contributed by atoms with Crippen molar-refractivity contribution in [2.24, 2.45) is 0 Å². The number of fused-ring (bicyclic) bond motifs is 6. The van der Waals surface area contributed by atoms with Gasteiger partial charge in [-0.1, -0.05) is 97.1 Å². The summed E-state index contributed by atoms with van der Waals surface area (Å²) < 4.78 is 28.3. The molecule has 8 aromatic carbocycles. The number of halogens is 1. The van der Waals surface area contributed by atoms with Gasteiger partial charge in [0.25, 0.3) is 0 Å². The molecule has 0 aliphatic heterocycles. The van der Waals surface area contributed by atoms with E-state index in [1.54, 1.807) is 6.07 Å². The molecule has 0 bridgehead atoms. The van der Waals surface area contributed by atoms with Crippen LogP contribution in [-0.4, -0.2) is 0 Å². The molecule has 0 N–H and O–H groups in total. The lowest BCUT2D eigenvalue weighted by molar-refractivity contribution is 0.640. The maximum absolute atomic E-state index is 15.1. The Balaban J connectivity index is 1.37. The zero-order valence-corrected chi connectivity index (χ0v) is 23.3. The van der Waals surface area contributed by atoms with Gasteiger partial charge in [0.15, 0.2) is 11.2 Å². The Hall–Kier alpha value is -5.87. The summed E-state index contributed by atoms with van der Waals surface area (Å²) in [6.45, 7) is 0. The van der Waals surface area contributed by atoms with Crippen LogP contribution in [0.5, 0.6) is 0 Å². The minimum atomic E-state index is -0.215. The summed E-state index contributed by atoms with van der Waals surface area (Å²) in [5.74, 6) is -0.215. The highest BCUT2D eigenvalue weighted by Crippen LogP contribution is 2.49. The van der Waals surface area contributed by atoms with Gasteiger partial charge < -0.3 is 13.7 Å². The molecular formula is C40H22FNO2. The van der Waals surface area contributed by atoms with Crippen LogP contribution in [0, 0.1) is 5.82 Å². The molecule has 206 valence electrons. The molecule has 0 radical (unpaired) electrons. The van der Waals surface area contributed by atoms with Crippen LogP contribution in [0.25, 0.3) is 76.2 Å². The van der Waals surface area contributed by atoms with Gasteiger partial charge in [-0.15, -0.1) is 0 Å². The van der Waals surface area contributed by atoms with Crippen LogP contribution in [0.1, 0.15) is 0 Å². The Labute approximate surface area is 250 Å². The fraction of sp³-hybridized carbons (Fsp3) is 0. The summed E-state index contributed by atoms with van der Waals surface area (Å²) in [6.07, 6.45) is 0. The van der Waals surface area contributed by atoms with E-state index in [-0.39, 0.29) is 5.82 Å². The van der Waals surface area contributed by atoms with Crippen molar-refractivity contribution in [1.82, 2.24) is 0 Å². The second kappa shape index (κ2) is 8.59. The predicted molar refractivity (Wildman–Crippen MR) is 179 cm³/mol. The fourth-order valence-electron chi connectivity index (χ4n) is 7.15. The van der Waals surface area contributed by atoms with Crippen molar-refractivity contribution in [1.29, 1.82) is 0 Å². The average molecular weight is 568 g/mol. The Morgan fingerprint density at radius 2 is 0.886 bits per heavy atom. The Kier molecular flexibility index (Phi) is 4.62. The zero-order valence-electron chi connectivity index (χ0n) is 23.3. The van der Waals surface area contributed by atoms with Gasteiger partial charge in [0.1, 0.15) is 17.0 Å². The molecule has 3 nitrogen and oxygen atoms in total. The molecule has 0 saturated carbocycles. The van der Waals surface area contributed by atoms with E-state index in [1.807, 2.05) is 54.6 Å². The zero-order chi connectivity index (χ0) is 28.9. The van der Waals surface area contributed by atoms with Gasteiger partial charge in [0.05, 0.1) is 17.1 Å². The van der Waals surface area contributed by atoms with E-state index in [0.29, 0.717) is 5.39 Å². The van der Waals surface area contributed by atoms with E-state index in [1.165, 1.54) is 0 Å². The minimum absolute atomic E-state index is 0.215. The van der Waals surface area contributed by atoms with Crippen LogP contribution >= 0.6 is 0 Å². The smallest absolute Gasteiger partial charge is 0.159 e. The Morgan fingerprint density at radius 1 is 0.386 bits per heavy atom. The lowest BCUT2D eigenvalue weighted by Crippen LogP contribution is -2.11. The summed E-state index contributed by atoms with van der Waals surface area (Å²) in [6, 6.07) is 44.7. The number of anilines is 3. The van der Waals surface area contributed by atoms with Gasteiger partial charge in [0, 0.05) is 37.7 Å². The molecule has 0 aliphatic rings. The highest BCUT2D eigenvalue weighted by atomic mass is 19.1. The van der Waals surface area contributed by atoms with Crippen molar-refractivity contribution in [3.05, 3.63) is 139 Å². The summed E-state index contributed by atoms with van der Waals surface area (Å²) in [5.41, 5.74) is 6.00. The molecule has 0 aliphatic carbocycles. The molecule has 10 aromatic rings. The van der Waals surface area contributed by atoms with Crippen LogP contribution in [0.15, 0.2) is 142 Å². The van der Waals surface area contributed by atoms with Gasteiger partial charge in [-0.2, -0.15) is 0 Å². The first kappa shape index (κ1) is 23.7. The van der Waals surface area contributed by atoms with Crippen LogP contribution in [0.2, 0.25) is 0 Å². The molecule has 2 heterocycles. The topological polar surface area (TPSA) is 29.5 Å². The lowest BCUT2D eigenvalue weighted by Gasteiger charge is -2.27. The molecule has 0 atom stereocenters. The number of hydrogen-bond donors (Lipinski definition) is 0. The number of furan rings is 2. The Morgan fingerprint density at radius 3 is 1.52 bits per heavy atom. The highest BCUT2D eigenvalue weighted by Gasteiger charge is 2.25. The molecule has 4 heteroatoms. The molecule has 0 saturated heterocycles. The molecule has 0 spiro atoms. The lowest BCUT2D eigenvalue weighted by atomic mass is 9.92. The van der Waals surface area contributed by atoms with E-state index in [2.05, 4.69) is 77.7 Å². The summed E-state index contributed by atoms with van der Waals surface area (Å²) >= 11 is 0. The molecule has 0 amide bonds. The second-order valence-electron chi connectivity index (χ2n) is 11.4. The first-order chi connectivity index (χ1) is 21.7. The van der Waals surface area contributed by atoms with Crippen molar-refractivity contribution in [2.45, 2.75) is 0 Å². The van der Waals surface area contributed by atoms with Crippen LogP contribution in [-0.2, 0) is 0 Å². The number of para-hydroxylation sites is 4. The fourth-order valence-corrected chi connectivity index (χ4v) is 7.15. The summed E-state index contributed by atoms with van der Waals surface area (Å²) in [7, 11) is 0. The van der Waals surface area contributed by atoms with Crippen molar-refractivity contribution in [3.8, 4) is 0 Å². The third kappa shape index (κ3) is 3.09. The van der Waals surface area contributed by atoms with E-state index < -0.39 is 0 Å². The van der Waals surface area contributed by atoms with Gasteiger partial charge in [-0.3, -0.25) is 0 Å². The molecule has 10 rings (SSSR count). The Bertz CT molecular complexity index is 2640. The normalized spacial score (nSPS) is 12.2. The van der Waals surface area contributed by atoms with Crippen molar-refractivity contribution >= 4 is 93.3 Å². The number of hydrogen-bond acceptors (Lipinski definition) is 3. The standard InChI is InChI=1S/C40H22FNO2/c41-31-21-17-23-16-20-30-32(22-18-24-15-19-29(31)37(23)38(24)30)42(33-11-5-9-27-25-7-1-3-13-35(25)43-39(27)33)34-12-6-10-28-26-8-2-4-14-36(26)44-40(28)34/h1-22H. The number of rotatable bonds is 3. The third-order valence-electron chi connectivity index (χ3n) is 9.08. The number of nitrogens with zero attached hydrogens (tertiary/aromatic N) is 1. The molecular weight excluding hydrogens is 545 g/mol. The maximum Gasteiger partial charge on any atom is 0.159 e. The van der Waals surface area contributed by atoms with Gasteiger partial charge in [-0.05, 0) is 52.6 Å². The minimum Gasteiger partial charge on any atom is -0.454 e. The first-order valence-corrected chi connectivity index (χ1v) is 14.7. The van der Waals surface area contributed by atoms with Crippen molar-refractivity contribution in [2.75, 3.05) is 4.90 Å². The summed E-state index contributed by atoms with van der Waals surface area (Å²) in [4.78, 5) is 2.25. The quantitative estimate of drug-likeness (QED) is 0.199. The molecule has 2 aromatic heterocycles. The average Bonchev–Trinajstić information content (AvgIpc) is 3.65. The van der Waals surface area contributed by atoms with E-state index in [4.69, 9.17) is 8.83 Å².